The maximum absolute atomic E-state index is 12.3. The Labute approximate surface area is 363 Å². The first-order valence-corrected chi connectivity index (χ1v) is 21.2. The minimum absolute atomic E-state index is 0.0710. The molecule has 0 saturated heterocycles. The van der Waals surface area contributed by atoms with E-state index in [-0.39, 0.29) is 52.7 Å². The van der Waals surface area contributed by atoms with Gasteiger partial charge in [-0.1, -0.05) is 153 Å². The van der Waals surface area contributed by atoms with Crippen LogP contribution in [-0.2, 0) is 5.41 Å². The van der Waals surface area contributed by atoms with E-state index in [1.807, 2.05) is 6.07 Å². The minimum atomic E-state index is -0.428. The molecule has 6 aromatic carbocycles. The van der Waals surface area contributed by atoms with Gasteiger partial charge in [0.05, 0.1) is 34.8 Å². The molecule has 0 spiro atoms. The van der Waals surface area contributed by atoms with Gasteiger partial charge in [-0.3, -0.25) is 9.55 Å². The van der Waals surface area contributed by atoms with Crippen LogP contribution in [0.15, 0.2) is 146 Å². The van der Waals surface area contributed by atoms with Crippen LogP contribution in [0.4, 0.5) is 0 Å². The maximum atomic E-state index is 12.3. The Balaban J connectivity index is 1.43. The molecule has 1 unspecified atom stereocenters. The molecule has 0 aliphatic carbocycles. The van der Waals surface area contributed by atoms with Crippen molar-refractivity contribution in [2.75, 3.05) is 0 Å². The largest absolute Gasteiger partial charge is 0.507 e. The molecule has 0 amide bonds. The number of imidazole rings is 1. The van der Waals surface area contributed by atoms with Crippen LogP contribution in [0.3, 0.4) is 0 Å². The van der Waals surface area contributed by atoms with Crippen LogP contribution in [0.2, 0.25) is 0 Å². The van der Waals surface area contributed by atoms with Gasteiger partial charge < -0.3 is 5.11 Å². The van der Waals surface area contributed by atoms with Crippen molar-refractivity contribution in [1.29, 1.82) is 0 Å². The molecule has 0 bridgehead atoms. The quantitative estimate of drug-likeness (QED) is 0.150. The van der Waals surface area contributed by atoms with Gasteiger partial charge in [0, 0.05) is 22.9 Å². The Morgan fingerprint density at radius 1 is 0.650 bits per heavy atom. The molecule has 0 aliphatic heterocycles. The number of hydrogen-bond donors (Lipinski definition) is 1. The lowest BCUT2D eigenvalue weighted by Crippen LogP contribution is -2.11. The highest BCUT2D eigenvalue weighted by Gasteiger charge is 2.26. The van der Waals surface area contributed by atoms with Crippen molar-refractivity contribution in [2.24, 2.45) is 0 Å². The topological polar surface area (TPSA) is 50.9 Å². The summed E-state index contributed by atoms with van der Waals surface area (Å²) >= 11 is 0. The fraction of sp³-hybridized carbons (Fsp3) is 0.250. The molecule has 4 nitrogen and oxygen atoms in total. The predicted molar refractivity (Wildman–Crippen MR) is 253 cm³/mol. The number of aromatic hydroxyl groups is 1. The molecular weight excluding hydrogens is 731 g/mol. The highest BCUT2D eigenvalue weighted by molar-refractivity contribution is 5.98. The maximum Gasteiger partial charge on any atom is 0.149 e. The fourth-order valence-electron chi connectivity index (χ4n) is 8.02. The molecule has 0 saturated carbocycles. The number of hydrogen-bond acceptors (Lipinski definition) is 3. The fourth-order valence-corrected chi connectivity index (χ4v) is 8.02. The average molecular weight is 793 g/mol. The first-order valence-electron chi connectivity index (χ1n) is 23.7. The lowest BCUT2D eigenvalue weighted by atomic mass is 9.83. The smallest absolute Gasteiger partial charge is 0.149 e. The molecule has 8 aromatic rings. The first-order chi connectivity index (χ1) is 30.9. The first kappa shape index (κ1) is 34.6. The number of para-hydroxylation sites is 1. The molecule has 8 rings (SSSR count). The highest BCUT2D eigenvalue weighted by atomic mass is 16.3. The van der Waals surface area contributed by atoms with Crippen LogP contribution in [0.5, 0.6) is 5.75 Å². The Morgan fingerprint density at radius 2 is 1.38 bits per heavy atom. The van der Waals surface area contributed by atoms with E-state index in [9.17, 15) is 5.11 Å². The molecular formula is C56H57N3O. The third-order valence-corrected chi connectivity index (χ3v) is 11.9. The number of nitrogens with zero attached hydrogens (tertiary/aromatic N) is 3. The highest BCUT2D eigenvalue weighted by Crippen LogP contribution is 2.45. The van der Waals surface area contributed by atoms with E-state index in [4.69, 9.17) is 16.8 Å². The van der Waals surface area contributed by atoms with Crippen LogP contribution in [-0.4, -0.2) is 19.6 Å². The Bertz CT molecular complexity index is 3080. The molecule has 302 valence electrons. The monoisotopic (exact) mass is 792 g/mol. The predicted octanol–water partition coefficient (Wildman–Crippen LogP) is 15.5. The number of phenolic OH excluding ortho intramolecular Hbond substituents is 1. The summed E-state index contributed by atoms with van der Waals surface area (Å²) in [5, 5.41) is 12.3. The Morgan fingerprint density at radius 3 is 2.08 bits per heavy atom. The molecule has 1 N–H and O–H groups in total. The molecule has 60 heavy (non-hydrogen) atoms. The van der Waals surface area contributed by atoms with E-state index >= 15 is 0 Å². The Hall–Kier alpha value is -6.26. The van der Waals surface area contributed by atoms with Crippen molar-refractivity contribution in [3.63, 3.8) is 0 Å². The SMILES string of the molecule is [2H]c1c([2H])c([2H])c(-c2ccnc(-c3cc(-c4cccc5c4nc(-c4cc(C(C)C)cc(C(C)C)c4O)n5-c4ccc(C(C)CC)cc4-c4ccccc4)cc(C(C)(C)C)c3)c2)c([2H])c1[2H]. The summed E-state index contributed by atoms with van der Waals surface area (Å²) < 4.78 is 44.4. The number of fused-ring (bicyclic) bond motifs is 1. The summed E-state index contributed by atoms with van der Waals surface area (Å²) in [6, 6.07) is 36.0. The second kappa shape index (κ2) is 16.4. The van der Waals surface area contributed by atoms with Gasteiger partial charge in [0.15, 0.2) is 0 Å². The van der Waals surface area contributed by atoms with Crippen LogP contribution in [0.25, 0.3) is 72.7 Å². The molecule has 2 heterocycles. The summed E-state index contributed by atoms with van der Waals surface area (Å²) in [6.45, 7) is 19.6. The van der Waals surface area contributed by atoms with Crippen LogP contribution >= 0.6 is 0 Å². The number of phenols is 1. The van der Waals surface area contributed by atoms with Crippen molar-refractivity contribution in [2.45, 2.75) is 91.9 Å². The Kier molecular flexibility index (Phi) is 9.46. The summed E-state index contributed by atoms with van der Waals surface area (Å²) in [5.41, 5.74) is 13.3. The van der Waals surface area contributed by atoms with E-state index in [2.05, 4.69) is 158 Å². The van der Waals surface area contributed by atoms with Crippen molar-refractivity contribution in [1.82, 2.24) is 14.5 Å². The molecule has 0 radical (unpaired) electrons. The van der Waals surface area contributed by atoms with E-state index in [1.165, 1.54) is 5.56 Å². The molecule has 0 aliphatic rings. The minimum Gasteiger partial charge on any atom is -0.507 e. The zero-order chi connectivity index (χ0) is 46.6. The van der Waals surface area contributed by atoms with Crippen molar-refractivity contribution >= 4 is 11.0 Å². The summed E-state index contributed by atoms with van der Waals surface area (Å²) in [6.07, 6.45) is 2.64. The van der Waals surface area contributed by atoms with Crippen molar-refractivity contribution in [3.8, 4) is 67.5 Å². The van der Waals surface area contributed by atoms with Gasteiger partial charge in [-0.25, -0.2) is 4.98 Å². The van der Waals surface area contributed by atoms with Gasteiger partial charge >= 0.3 is 0 Å². The lowest BCUT2D eigenvalue weighted by Gasteiger charge is -2.22. The standard InChI is InChI=1S/C56H57N3O/c1-10-37(6)40-24-25-51(48(31-40)39-20-15-12-16-21-39)59-52-23-17-22-46(53(52)58-55(59)49-33-42(35(2)3)32-47(36(4)5)54(49)60)43-28-44(30-45(29-43)56(7,8)9)50-34-41(26-27-57-50)38-18-13-11-14-19-38/h11-37,60H,10H2,1-9H3/i11D,13D,14D,18D,19D. The van der Waals surface area contributed by atoms with Crippen molar-refractivity contribution < 1.29 is 12.0 Å². The molecule has 2 aromatic heterocycles. The average Bonchev–Trinajstić information content (AvgIpc) is 3.69. The van der Waals surface area contributed by atoms with E-state index in [0.29, 0.717) is 28.6 Å². The third-order valence-electron chi connectivity index (χ3n) is 11.9. The van der Waals surface area contributed by atoms with E-state index in [0.717, 1.165) is 67.6 Å². The second-order valence-corrected chi connectivity index (χ2v) is 17.7. The summed E-state index contributed by atoms with van der Waals surface area (Å²) in [5.74, 6) is 1.50. The van der Waals surface area contributed by atoms with Gasteiger partial charge in [-0.15, -0.1) is 0 Å². The normalized spacial score (nSPS) is 13.6. The molecule has 1 atom stereocenters. The number of aromatic nitrogens is 3. The summed E-state index contributed by atoms with van der Waals surface area (Å²) in [7, 11) is 0. The van der Waals surface area contributed by atoms with E-state index < -0.39 is 6.04 Å². The van der Waals surface area contributed by atoms with Gasteiger partial charge in [0.1, 0.15) is 11.6 Å². The number of benzene rings is 6. The zero-order valence-corrected chi connectivity index (χ0v) is 36.2. The molecule has 4 heteroatoms. The van der Waals surface area contributed by atoms with Gasteiger partial charge in [0.25, 0.3) is 0 Å². The van der Waals surface area contributed by atoms with E-state index in [1.54, 1.807) is 18.3 Å². The lowest BCUT2D eigenvalue weighted by molar-refractivity contribution is 0.466. The molecule has 0 fully saturated rings. The van der Waals surface area contributed by atoms with Gasteiger partial charge in [-0.2, -0.15) is 0 Å². The number of rotatable bonds is 10. The summed E-state index contributed by atoms with van der Waals surface area (Å²) in [4.78, 5) is 10.4. The van der Waals surface area contributed by atoms with Gasteiger partial charge in [0.2, 0.25) is 0 Å². The zero-order valence-electron chi connectivity index (χ0n) is 41.2. The van der Waals surface area contributed by atoms with Crippen LogP contribution in [0, 0.1) is 0 Å². The third kappa shape index (κ3) is 7.79. The van der Waals surface area contributed by atoms with Crippen LogP contribution < -0.4 is 0 Å². The van der Waals surface area contributed by atoms with Gasteiger partial charge in [-0.05, 0) is 123 Å². The van der Waals surface area contributed by atoms with Crippen LogP contribution in [0.1, 0.15) is 116 Å². The number of pyridine rings is 1. The van der Waals surface area contributed by atoms with Crippen molar-refractivity contribution in [3.05, 3.63) is 168 Å². The second-order valence-electron chi connectivity index (χ2n) is 17.7.